The van der Waals surface area contributed by atoms with E-state index in [1.165, 1.54) is 18.3 Å². The summed E-state index contributed by atoms with van der Waals surface area (Å²) in [5.41, 5.74) is -0.00279. The highest BCUT2D eigenvalue weighted by atomic mass is 16.6. The number of nitro groups is 1. The maximum Gasteiger partial charge on any atom is 0.274 e. The number of aliphatic hydroxyl groups excluding tert-OH is 1. The Kier molecular flexibility index (Phi) is 3.56. The molecule has 0 radical (unpaired) electrons. The van der Waals surface area contributed by atoms with Crippen LogP contribution in [-0.4, -0.2) is 34.7 Å². The molecular weight excluding hydrogens is 198 g/mol. The molecule has 1 heterocycles. The van der Waals surface area contributed by atoms with Crippen molar-refractivity contribution >= 4 is 11.5 Å². The number of anilines is 1. The van der Waals surface area contributed by atoms with Crippen LogP contribution in [0.25, 0.3) is 0 Å². The molecule has 0 amide bonds. The third-order valence-electron chi connectivity index (χ3n) is 2.23. The average molecular weight is 211 g/mol. The van der Waals surface area contributed by atoms with Gasteiger partial charge in [0.15, 0.2) is 0 Å². The van der Waals surface area contributed by atoms with Gasteiger partial charge in [-0.15, -0.1) is 0 Å². The lowest BCUT2D eigenvalue weighted by atomic mass is 10.3. The fourth-order valence-corrected chi connectivity index (χ4v) is 1.06. The number of aromatic nitrogens is 1. The first-order valence-corrected chi connectivity index (χ1v) is 4.50. The van der Waals surface area contributed by atoms with Gasteiger partial charge in [0.05, 0.1) is 23.6 Å². The van der Waals surface area contributed by atoms with Gasteiger partial charge in [0.25, 0.3) is 5.69 Å². The van der Waals surface area contributed by atoms with Crippen LogP contribution in [0.5, 0.6) is 0 Å². The quantitative estimate of drug-likeness (QED) is 0.588. The van der Waals surface area contributed by atoms with Crippen molar-refractivity contribution in [1.82, 2.24) is 4.98 Å². The predicted octanol–water partition coefficient (Wildman–Crippen LogP) is 0.807. The molecule has 6 heteroatoms. The molecule has 0 fully saturated rings. The lowest BCUT2D eigenvalue weighted by Crippen LogP contribution is -2.32. The number of rotatable bonds is 4. The summed E-state index contributed by atoms with van der Waals surface area (Å²) in [4.78, 5) is 15.7. The lowest BCUT2D eigenvalue weighted by molar-refractivity contribution is -0.384. The number of pyridine rings is 1. The second-order valence-electron chi connectivity index (χ2n) is 3.27. The molecule has 0 aromatic carbocycles. The molecule has 0 spiro atoms. The third-order valence-corrected chi connectivity index (χ3v) is 2.23. The Morgan fingerprint density at radius 2 is 2.40 bits per heavy atom. The molecule has 1 aromatic rings. The number of hydrogen-bond donors (Lipinski definition) is 1. The summed E-state index contributed by atoms with van der Waals surface area (Å²) in [5.74, 6) is 0.478. The Balaban J connectivity index is 2.94. The summed E-state index contributed by atoms with van der Waals surface area (Å²) in [6, 6.07) is 2.59. The van der Waals surface area contributed by atoms with E-state index in [0.717, 1.165) is 0 Å². The Bertz CT molecular complexity index is 356. The Labute approximate surface area is 87.3 Å². The summed E-state index contributed by atoms with van der Waals surface area (Å²) >= 11 is 0. The summed E-state index contributed by atoms with van der Waals surface area (Å²) in [6.07, 6.45) is 1.38. The highest BCUT2D eigenvalue weighted by Crippen LogP contribution is 2.18. The Morgan fingerprint density at radius 1 is 1.73 bits per heavy atom. The van der Waals surface area contributed by atoms with Crippen LogP contribution in [0.1, 0.15) is 6.92 Å². The van der Waals surface area contributed by atoms with Crippen molar-refractivity contribution in [1.29, 1.82) is 0 Å². The van der Waals surface area contributed by atoms with Crippen LogP contribution in [-0.2, 0) is 0 Å². The number of hydrogen-bond acceptors (Lipinski definition) is 5. The highest BCUT2D eigenvalue weighted by Gasteiger charge is 2.13. The van der Waals surface area contributed by atoms with E-state index in [-0.39, 0.29) is 18.3 Å². The van der Waals surface area contributed by atoms with E-state index < -0.39 is 4.92 Å². The average Bonchev–Trinajstić information content (AvgIpc) is 2.27. The van der Waals surface area contributed by atoms with E-state index in [9.17, 15) is 10.1 Å². The second kappa shape index (κ2) is 4.70. The van der Waals surface area contributed by atoms with Gasteiger partial charge in [-0.3, -0.25) is 10.1 Å². The molecule has 0 bridgehead atoms. The van der Waals surface area contributed by atoms with E-state index in [4.69, 9.17) is 5.11 Å². The zero-order valence-corrected chi connectivity index (χ0v) is 8.62. The molecule has 1 rings (SSSR count). The predicted molar refractivity (Wildman–Crippen MR) is 55.8 cm³/mol. The van der Waals surface area contributed by atoms with Gasteiger partial charge in [0.2, 0.25) is 0 Å². The first kappa shape index (κ1) is 11.4. The van der Waals surface area contributed by atoms with Crippen LogP contribution in [0.4, 0.5) is 11.5 Å². The third kappa shape index (κ3) is 2.63. The molecule has 82 valence electrons. The van der Waals surface area contributed by atoms with Crippen molar-refractivity contribution < 1.29 is 10.0 Å². The Hall–Kier alpha value is -1.69. The van der Waals surface area contributed by atoms with Crippen LogP contribution >= 0.6 is 0 Å². The first-order chi connectivity index (χ1) is 7.06. The minimum atomic E-state index is -0.470. The van der Waals surface area contributed by atoms with Crippen LogP contribution < -0.4 is 4.90 Å². The standard InChI is InChI=1S/C9H13N3O3/c1-7(6-13)11(2)9-5-8(12(14)15)3-4-10-9/h3-5,7,13H,6H2,1-2H3. The first-order valence-electron chi connectivity index (χ1n) is 4.50. The fourth-order valence-electron chi connectivity index (χ4n) is 1.06. The van der Waals surface area contributed by atoms with Gasteiger partial charge in [0, 0.05) is 19.3 Å². The van der Waals surface area contributed by atoms with Gasteiger partial charge in [-0.2, -0.15) is 0 Å². The van der Waals surface area contributed by atoms with E-state index in [2.05, 4.69) is 4.98 Å². The lowest BCUT2D eigenvalue weighted by Gasteiger charge is -2.23. The van der Waals surface area contributed by atoms with Crippen molar-refractivity contribution in [2.24, 2.45) is 0 Å². The summed E-state index contributed by atoms with van der Waals surface area (Å²) in [7, 11) is 1.73. The molecular formula is C9H13N3O3. The largest absolute Gasteiger partial charge is 0.394 e. The van der Waals surface area contributed by atoms with Crippen molar-refractivity contribution in [3.8, 4) is 0 Å². The van der Waals surface area contributed by atoms with Gasteiger partial charge < -0.3 is 10.0 Å². The molecule has 0 aliphatic carbocycles. The normalized spacial score (nSPS) is 12.2. The minimum absolute atomic E-state index is 0.00279. The highest BCUT2D eigenvalue weighted by molar-refractivity contribution is 5.46. The van der Waals surface area contributed by atoms with Gasteiger partial charge in [-0.25, -0.2) is 4.98 Å². The summed E-state index contributed by atoms with van der Waals surface area (Å²) < 4.78 is 0. The monoisotopic (exact) mass is 211 g/mol. The van der Waals surface area contributed by atoms with Crippen molar-refractivity contribution in [2.45, 2.75) is 13.0 Å². The molecule has 1 atom stereocenters. The van der Waals surface area contributed by atoms with Crippen molar-refractivity contribution in [3.05, 3.63) is 28.4 Å². The van der Waals surface area contributed by atoms with Gasteiger partial charge >= 0.3 is 0 Å². The van der Waals surface area contributed by atoms with Gasteiger partial charge in [-0.05, 0) is 6.92 Å². The van der Waals surface area contributed by atoms with E-state index in [1.54, 1.807) is 18.9 Å². The second-order valence-corrected chi connectivity index (χ2v) is 3.27. The molecule has 0 aliphatic heterocycles. The van der Waals surface area contributed by atoms with E-state index in [0.29, 0.717) is 5.82 Å². The fraction of sp³-hybridized carbons (Fsp3) is 0.444. The molecule has 0 saturated heterocycles. The van der Waals surface area contributed by atoms with Crippen LogP contribution in [0.3, 0.4) is 0 Å². The molecule has 0 aliphatic rings. The molecule has 0 saturated carbocycles. The topological polar surface area (TPSA) is 79.5 Å². The Morgan fingerprint density at radius 3 is 2.93 bits per heavy atom. The minimum Gasteiger partial charge on any atom is -0.394 e. The van der Waals surface area contributed by atoms with E-state index >= 15 is 0 Å². The van der Waals surface area contributed by atoms with Gasteiger partial charge in [0.1, 0.15) is 5.82 Å². The number of likely N-dealkylation sites (N-methyl/N-ethyl adjacent to an activating group) is 1. The van der Waals surface area contributed by atoms with Crippen LogP contribution in [0, 0.1) is 10.1 Å². The zero-order chi connectivity index (χ0) is 11.4. The maximum absolute atomic E-state index is 10.5. The van der Waals surface area contributed by atoms with Crippen LogP contribution in [0.15, 0.2) is 18.3 Å². The molecule has 6 nitrogen and oxygen atoms in total. The summed E-state index contributed by atoms with van der Waals surface area (Å²) in [5, 5.41) is 19.5. The smallest absolute Gasteiger partial charge is 0.274 e. The molecule has 1 unspecified atom stereocenters. The molecule has 15 heavy (non-hydrogen) atoms. The zero-order valence-electron chi connectivity index (χ0n) is 8.62. The van der Waals surface area contributed by atoms with Crippen LogP contribution in [0.2, 0.25) is 0 Å². The molecule has 1 aromatic heterocycles. The number of aliphatic hydroxyl groups is 1. The van der Waals surface area contributed by atoms with Crippen molar-refractivity contribution in [2.75, 3.05) is 18.6 Å². The van der Waals surface area contributed by atoms with Gasteiger partial charge in [-0.1, -0.05) is 0 Å². The summed E-state index contributed by atoms with van der Waals surface area (Å²) in [6.45, 7) is 1.78. The number of nitrogens with zero attached hydrogens (tertiary/aromatic N) is 3. The van der Waals surface area contributed by atoms with Crippen molar-refractivity contribution in [3.63, 3.8) is 0 Å². The van der Waals surface area contributed by atoms with E-state index in [1.807, 2.05) is 0 Å². The molecule has 1 N–H and O–H groups in total. The maximum atomic E-state index is 10.5. The SMILES string of the molecule is CC(CO)N(C)c1cc([N+](=O)[O-])ccn1.